The van der Waals surface area contributed by atoms with Gasteiger partial charge in [-0.2, -0.15) is 0 Å². The maximum absolute atomic E-state index is 12.6. The maximum atomic E-state index is 12.6. The molecule has 124 valence electrons. The summed E-state index contributed by atoms with van der Waals surface area (Å²) in [6, 6.07) is 9.58. The van der Waals surface area contributed by atoms with Gasteiger partial charge in [-0.3, -0.25) is 4.72 Å². The predicted octanol–water partition coefficient (Wildman–Crippen LogP) is 4.31. The molecule has 0 aliphatic rings. The summed E-state index contributed by atoms with van der Waals surface area (Å²) in [4.78, 5) is -0.0545. The molecule has 0 aliphatic carbocycles. The van der Waals surface area contributed by atoms with E-state index in [9.17, 15) is 8.42 Å². The van der Waals surface area contributed by atoms with Crippen molar-refractivity contribution in [1.29, 1.82) is 0 Å². The van der Waals surface area contributed by atoms with Gasteiger partial charge >= 0.3 is 0 Å². The molecule has 2 aromatic carbocycles. The molecular weight excluding hydrogens is 406 g/mol. The third-order valence-electron chi connectivity index (χ3n) is 2.87. The number of rotatable bonds is 6. The number of sulfonamides is 1. The summed E-state index contributed by atoms with van der Waals surface area (Å²) in [5, 5.41) is 0.279. The minimum atomic E-state index is -3.88. The molecule has 0 aliphatic heterocycles. The first-order valence-electron chi connectivity index (χ1n) is 6.66. The number of ether oxygens (including phenoxy) is 2. The molecule has 0 bridgehead atoms. The molecule has 0 unspecified atom stereocenters. The van der Waals surface area contributed by atoms with Gasteiger partial charge in [-0.1, -0.05) is 17.7 Å². The predicted molar refractivity (Wildman–Crippen MR) is 94.1 cm³/mol. The fourth-order valence-electron chi connectivity index (χ4n) is 1.96. The standard InChI is InChI=1S/C15H15BrClNO4S/c1-3-22-12-6-4-5-11(9-12)18-23(19,20)14-8-10(17)7-13(16)15(14)21-2/h4-9,18H,3H2,1-2H3. The largest absolute Gasteiger partial charge is 0.494 e. The second-order valence-electron chi connectivity index (χ2n) is 4.49. The van der Waals surface area contributed by atoms with Crippen LogP contribution in [0.4, 0.5) is 5.69 Å². The van der Waals surface area contributed by atoms with Crippen LogP contribution < -0.4 is 14.2 Å². The van der Waals surface area contributed by atoms with E-state index in [0.717, 1.165) is 0 Å². The van der Waals surface area contributed by atoms with Gasteiger partial charge in [-0.25, -0.2) is 8.42 Å². The molecule has 0 fully saturated rings. The molecule has 2 rings (SSSR count). The monoisotopic (exact) mass is 419 g/mol. The highest BCUT2D eigenvalue weighted by molar-refractivity contribution is 9.10. The van der Waals surface area contributed by atoms with Crippen molar-refractivity contribution in [2.75, 3.05) is 18.4 Å². The van der Waals surface area contributed by atoms with Crippen molar-refractivity contribution in [3.8, 4) is 11.5 Å². The Morgan fingerprint density at radius 1 is 1.26 bits per heavy atom. The van der Waals surface area contributed by atoms with Gasteiger partial charge in [0.15, 0.2) is 5.75 Å². The van der Waals surface area contributed by atoms with E-state index >= 15 is 0 Å². The van der Waals surface area contributed by atoms with Crippen LogP contribution in [0.5, 0.6) is 11.5 Å². The zero-order valence-electron chi connectivity index (χ0n) is 12.5. The average Bonchev–Trinajstić information content (AvgIpc) is 2.47. The van der Waals surface area contributed by atoms with Gasteiger partial charge in [0, 0.05) is 11.1 Å². The SMILES string of the molecule is CCOc1cccc(NS(=O)(=O)c2cc(Cl)cc(Br)c2OC)c1. The number of nitrogens with one attached hydrogen (secondary N) is 1. The molecule has 0 saturated heterocycles. The first-order chi connectivity index (χ1) is 10.9. The smallest absolute Gasteiger partial charge is 0.265 e. The van der Waals surface area contributed by atoms with Gasteiger partial charge in [0.05, 0.1) is 23.9 Å². The third-order valence-corrected chi connectivity index (χ3v) is 5.06. The zero-order valence-corrected chi connectivity index (χ0v) is 15.6. The summed E-state index contributed by atoms with van der Waals surface area (Å²) >= 11 is 9.20. The lowest BCUT2D eigenvalue weighted by Crippen LogP contribution is -2.14. The molecule has 0 aromatic heterocycles. The second-order valence-corrected chi connectivity index (χ2v) is 7.43. The molecule has 8 heteroatoms. The highest BCUT2D eigenvalue weighted by atomic mass is 79.9. The number of halogens is 2. The summed E-state index contributed by atoms with van der Waals surface area (Å²) in [6.45, 7) is 2.34. The Bertz CT molecular complexity index is 811. The molecule has 23 heavy (non-hydrogen) atoms. The molecule has 0 spiro atoms. The molecule has 1 N–H and O–H groups in total. The second kappa shape index (κ2) is 7.42. The van der Waals surface area contributed by atoms with Gasteiger partial charge in [0.25, 0.3) is 10.0 Å². The lowest BCUT2D eigenvalue weighted by atomic mass is 10.3. The van der Waals surface area contributed by atoms with E-state index < -0.39 is 10.0 Å². The highest BCUT2D eigenvalue weighted by Gasteiger charge is 2.23. The summed E-state index contributed by atoms with van der Waals surface area (Å²) in [5.41, 5.74) is 0.383. The average molecular weight is 421 g/mol. The molecule has 0 amide bonds. The van der Waals surface area contributed by atoms with Gasteiger partial charge in [0.2, 0.25) is 0 Å². The number of hydrogen-bond acceptors (Lipinski definition) is 4. The Labute approximate surface area is 148 Å². The van der Waals surface area contributed by atoms with Crippen molar-refractivity contribution in [2.45, 2.75) is 11.8 Å². The van der Waals surface area contributed by atoms with Crippen LogP contribution in [0.15, 0.2) is 45.8 Å². The fraction of sp³-hybridized carbons (Fsp3) is 0.200. The fourth-order valence-corrected chi connectivity index (χ4v) is 4.40. The van der Waals surface area contributed by atoms with E-state index in [0.29, 0.717) is 22.5 Å². The lowest BCUT2D eigenvalue weighted by Gasteiger charge is -2.14. The first-order valence-corrected chi connectivity index (χ1v) is 9.31. The summed E-state index contributed by atoms with van der Waals surface area (Å²) < 4.78 is 38.8. The van der Waals surface area contributed by atoms with Gasteiger partial charge in [-0.05, 0) is 47.1 Å². The van der Waals surface area contributed by atoms with Crippen LogP contribution in [0, 0.1) is 0 Å². The highest BCUT2D eigenvalue weighted by Crippen LogP contribution is 2.36. The van der Waals surface area contributed by atoms with Crippen LogP contribution in [0.25, 0.3) is 0 Å². The topological polar surface area (TPSA) is 64.6 Å². The molecular formula is C15H15BrClNO4S. The Kier molecular flexibility index (Phi) is 5.78. The summed E-state index contributed by atoms with van der Waals surface area (Å²) in [7, 11) is -2.49. The Balaban J connectivity index is 2.42. The number of anilines is 1. The van der Waals surface area contributed by atoms with E-state index in [4.69, 9.17) is 21.1 Å². The normalized spacial score (nSPS) is 11.1. The Hall–Kier alpha value is -1.44. The Morgan fingerprint density at radius 3 is 2.65 bits per heavy atom. The van der Waals surface area contributed by atoms with Crippen molar-refractivity contribution in [1.82, 2.24) is 0 Å². The van der Waals surface area contributed by atoms with Gasteiger partial charge in [-0.15, -0.1) is 0 Å². The third kappa shape index (κ3) is 4.31. The summed E-state index contributed by atoms with van der Waals surface area (Å²) in [6.07, 6.45) is 0. The number of methoxy groups -OCH3 is 1. The van der Waals surface area contributed by atoms with Crippen molar-refractivity contribution >= 4 is 43.2 Å². The molecule has 0 radical (unpaired) electrons. The van der Waals surface area contributed by atoms with Gasteiger partial charge in [0.1, 0.15) is 10.6 Å². The summed E-state index contributed by atoms with van der Waals surface area (Å²) in [5.74, 6) is 0.759. The van der Waals surface area contributed by atoms with E-state index in [2.05, 4.69) is 20.7 Å². The number of benzene rings is 2. The Morgan fingerprint density at radius 2 is 2.00 bits per heavy atom. The van der Waals surface area contributed by atoms with E-state index in [1.165, 1.54) is 13.2 Å². The van der Waals surface area contributed by atoms with Crippen molar-refractivity contribution in [3.05, 3.63) is 45.9 Å². The van der Waals surface area contributed by atoms with E-state index in [-0.39, 0.29) is 15.7 Å². The van der Waals surface area contributed by atoms with Crippen LogP contribution in [-0.4, -0.2) is 22.1 Å². The van der Waals surface area contributed by atoms with E-state index in [1.54, 1.807) is 30.3 Å². The van der Waals surface area contributed by atoms with Crippen molar-refractivity contribution in [3.63, 3.8) is 0 Å². The molecule has 5 nitrogen and oxygen atoms in total. The lowest BCUT2D eigenvalue weighted by molar-refractivity contribution is 0.340. The molecule has 0 atom stereocenters. The van der Waals surface area contributed by atoms with Crippen LogP contribution >= 0.6 is 27.5 Å². The van der Waals surface area contributed by atoms with E-state index in [1.807, 2.05) is 6.92 Å². The molecule has 0 saturated carbocycles. The first kappa shape index (κ1) is 17.9. The minimum absolute atomic E-state index is 0.0545. The van der Waals surface area contributed by atoms with Crippen molar-refractivity contribution in [2.24, 2.45) is 0 Å². The van der Waals surface area contributed by atoms with Crippen molar-refractivity contribution < 1.29 is 17.9 Å². The zero-order chi connectivity index (χ0) is 17.0. The van der Waals surface area contributed by atoms with Gasteiger partial charge < -0.3 is 9.47 Å². The molecule has 2 aromatic rings. The van der Waals surface area contributed by atoms with Crippen LogP contribution in [-0.2, 0) is 10.0 Å². The quantitative estimate of drug-likeness (QED) is 0.756. The maximum Gasteiger partial charge on any atom is 0.265 e. The van der Waals surface area contributed by atoms with Crippen LogP contribution in [0.3, 0.4) is 0 Å². The number of hydrogen-bond donors (Lipinski definition) is 1. The van der Waals surface area contributed by atoms with Crippen LogP contribution in [0.1, 0.15) is 6.92 Å². The minimum Gasteiger partial charge on any atom is -0.494 e. The molecule has 0 heterocycles. The van der Waals surface area contributed by atoms with Crippen LogP contribution in [0.2, 0.25) is 5.02 Å².